The Balaban J connectivity index is 0.000000479. The van der Waals surface area contributed by atoms with Gasteiger partial charge in [-0.05, 0) is 56.3 Å². The Morgan fingerprint density at radius 1 is 1.08 bits per heavy atom. The average Bonchev–Trinajstić information content (AvgIpc) is 3.25. The van der Waals surface area contributed by atoms with Crippen molar-refractivity contribution in [2.75, 3.05) is 18.4 Å². The van der Waals surface area contributed by atoms with Crippen LogP contribution in [0, 0.1) is 0 Å². The Morgan fingerprint density at radius 3 is 2.22 bits per heavy atom. The lowest BCUT2D eigenvalue weighted by molar-refractivity contribution is -0.192. The molecule has 200 valence electrons. The largest absolute Gasteiger partial charge is 0.490 e. The molecule has 0 spiro atoms. The smallest absolute Gasteiger partial charge is 0.489 e. The number of carboxylic acids is 1. The Bertz CT molecular complexity index is 1250. The maximum Gasteiger partial charge on any atom is 0.490 e. The summed E-state index contributed by atoms with van der Waals surface area (Å²) in [7, 11) is 0. The molecule has 2 aromatic heterocycles. The number of aromatic amines is 1. The van der Waals surface area contributed by atoms with Crippen molar-refractivity contribution in [1.82, 2.24) is 20.4 Å². The van der Waals surface area contributed by atoms with Crippen LogP contribution in [0.15, 0.2) is 45.8 Å². The van der Waals surface area contributed by atoms with Gasteiger partial charge in [0.05, 0.1) is 5.56 Å². The highest BCUT2D eigenvalue weighted by Gasteiger charge is 2.38. The van der Waals surface area contributed by atoms with Crippen molar-refractivity contribution in [3.05, 3.63) is 52.6 Å². The van der Waals surface area contributed by atoms with Crippen LogP contribution in [-0.4, -0.2) is 51.6 Å². The fourth-order valence-electron chi connectivity index (χ4n) is 3.18. The molecule has 0 unspecified atom stereocenters. The molecule has 0 bridgehead atoms. The number of carboxylic acid groups (broad SMARTS) is 1. The molecule has 1 aliphatic heterocycles. The van der Waals surface area contributed by atoms with Crippen molar-refractivity contribution in [3.63, 3.8) is 0 Å². The molecule has 0 radical (unpaired) electrons. The molecule has 3 aromatic rings. The van der Waals surface area contributed by atoms with E-state index in [2.05, 4.69) is 30.3 Å². The number of carbonyl (C=O) groups is 1. The molecule has 1 aliphatic rings. The van der Waals surface area contributed by atoms with Crippen molar-refractivity contribution >= 4 is 17.5 Å². The van der Waals surface area contributed by atoms with Crippen LogP contribution in [0.5, 0.6) is 5.75 Å². The van der Waals surface area contributed by atoms with Crippen LogP contribution in [0.4, 0.5) is 37.8 Å². The maximum absolute atomic E-state index is 12.8. The third-order valence-electron chi connectivity index (χ3n) is 4.89. The third-order valence-corrected chi connectivity index (χ3v) is 4.89. The summed E-state index contributed by atoms with van der Waals surface area (Å²) in [5, 5.41) is 17.1. The van der Waals surface area contributed by atoms with E-state index in [9.17, 15) is 31.1 Å². The zero-order chi connectivity index (χ0) is 27.2. The lowest BCUT2D eigenvalue weighted by Crippen LogP contribution is -2.34. The van der Waals surface area contributed by atoms with Crippen molar-refractivity contribution in [2.45, 2.75) is 31.3 Å². The predicted molar refractivity (Wildman–Crippen MR) is 115 cm³/mol. The molecule has 1 saturated heterocycles. The molecule has 10 nitrogen and oxygen atoms in total. The maximum atomic E-state index is 12.8. The first-order valence-corrected chi connectivity index (χ1v) is 10.5. The lowest BCUT2D eigenvalue weighted by atomic mass is 10.1. The summed E-state index contributed by atoms with van der Waals surface area (Å²) in [4.78, 5) is 27.1. The standard InChI is InChI=1S/C19H18F3N5O3.C2HF3O2/c20-19(21,22)11-1-3-12(4-2-11)25-16-15(17-26-18(28)30-27-17)14(7-10-24-16)29-13-5-8-23-9-6-13;3-2(4,5)1(6)7/h1-4,7,10,13,23H,5-6,8-9H2,(H,24,25)(H,26,27,28);(H,6,7). The summed E-state index contributed by atoms with van der Waals surface area (Å²) in [6, 6.07) is 6.16. The summed E-state index contributed by atoms with van der Waals surface area (Å²) in [6.45, 7) is 1.64. The van der Waals surface area contributed by atoms with E-state index in [1.807, 2.05) is 0 Å². The highest BCUT2D eigenvalue weighted by atomic mass is 19.4. The van der Waals surface area contributed by atoms with Gasteiger partial charge in [-0.3, -0.25) is 9.51 Å². The first-order chi connectivity index (χ1) is 17.3. The van der Waals surface area contributed by atoms with Gasteiger partial charge in [0.15, 0.2) is 5.82 Å². The van der Waals surface area contributed by atoms with E-state index in [0.29, 0.717) is 17.0 Å². The zero-order valence-corrected chi connectivity index (χ0v) is 18.6. The monoisotopic (exact) mass is 535 g/mol. The second kappa shape index (κ2) is 11.3. The molecule has 1 fully saturated rings. The molecular weight excluding hydrogens is 516 g/mol. The zero-order valence-electron chi connectivity index (χ0n) is 18.6. The van der Waals surface area contributed by atoms with Gasteiger partial charge >= 0.3 is 24.1 Å². The topological polar surface area (TPSA) is 142 Å². The molecule has 0 atom stereocenters. The lowest BCUT2D eigenvalue weighted by Gasteiger charge is -2.25. The van der Waals surface area contributed by atoms with Crippen LogP contribution in [0.1, 0.15) is 18.4 Å². The number of hydrogen-bond acceptors (Lipinski definition) is 8. The van der Waals surface area contributed by atoms with Gasteiger partial charge in [-0.15, -0.1) is 0 Å². The second-order valence-electron chi connectivity index (χ2n) is 7.55. The van der Waals surface area contributed by atoms with Crippen LogP contribution in [0.2, 0.25) is 0 Å². The molecule has 1 aromatic carbocycles. The average molecular weight is 535 g/mol. The van der Waals surface area contributed by atoms with Crippen molar-refractivity contribution in [3.8, 4) is 17.1 Å². The van der Waals surface area contributed by atoms with Crippen LogP contribution >= 0.6 is 0 Å². The summed E-state index contributed by atoms with van der Waals surface area (Å²) < 4.78 is 80.9. The number of nitrogens with zero attached hydrogens (tertiary/aromatic N) is 2. The number of H-pyrrole nitrogens is 1. The SMILES string of the molecule is O=C(O)C(F)(F)F.O=c1[nH]c(-c2c(OC3CCNCC3)ccnc2Nc2ccc(C(F)(F)F)cc2)no1. The van der Waals surface area contributed by atoms with Gasteiger partial charge < -0.3 is 20.5 Å². The number of aromatic nitrogens is 3. The van der Waals surface area contributed by atoms with E-state index >= 15 is 0 Å². The predicted octanol–water partition coefficient (Wildman–Crippen LogP) is 3.95. The van der Waals surface area contributed by atoms with Gasteiger partial charge in [-0.1, -0.05) is 5.16 Å². The molecule has 0 saturated carbocycles. The van der Waals surface area contributed by atoms with Crippen molar-refractivity contribution in [2.24, 2.45) is 0 Å². The number of anilines is 2. The molecule has 16 heteroatoms. The van der Waals surface area contributed by atoms with Crippen molar-refractivity contribution in [1.29, 1.82) is 0 Å². The van der Waals surface area contributed by atoms with E-state index in [4.69, 9.17) is 14.6 Å². The van der Waals surface area contributed by atoms with Gasteiger partial charge in [-0.2, -0.15) is 26.3 Å². The van der Waals surface area contributed by atoms with Gasteiger partial charge in [0.25, 0.3) is 0 Å². The number of pyridine rings is 1. The van der Waals surface area contributed by atoms with Crippen LogP contribution in [-0.2, 0) is 11.0 Å². The van der Waals surface area contributed by atoms with Crippen LogP contribution in [0.3, 0.4) is 0 Å². The minimum absolute atomic E-state index is 0.0371. The molecular formula is C21H19F6N5O5. The van der Waals surface area contributed by atoms with Crippen molar-refractivity contribution < 1.29 is 45.5 Å². The van der Waals surface area contributed by atoms with Gasteiger partial charge in [0.2, 0.25) is 0 Å². The minimum atomic E-state index is -5.08. The Kier molecular flexibility index (Phi) is 8.42. The summed E-state index contributed by atoms with van der Waals surface area (Å²) in [5.41, 5.74) is -0.0338. The van der Waals surface area contributed by atoms with Crippen LogP contribution in [0.25, 0.3) is 11.4 Å². The first-order valence-electron chi connectivity index (χ1n) is 10.5. The fourth-order valence-corrected chi connectivity index (χ4v) is 3.18. The highest BCUT2D eigenvalue weighted by Crippen LogP contribution is 2.36. The number of hydrogen-bond donors (Lipinski definition) is 4. The number of piperidine rings is 1. The van der Waals surface area contributed by atoms with E-state index in [1.165, 1.54) is 18.3 Å². The second-order valence-corrected chi connectivity index (χ2v) is 7.55. The summed E-state index contributed by atoms with van der Waals surface area (Å²) in [5.74, 6) is -2.72. The molecule has 0 aliphatic carbocycles. The van der Waals surface area contributed by atoms with E-state index < -0.39 is 29.6 Å². The van der Waals surface area contributed by atoms with E-state index in [-0.39, 0.29) is 17.7 Å². The Hall–Kier alpha value is -4.08. The van der Waals surface area contributed by atoms with Crippen LogP contribution < -0.4 is 21.1 Å². The number of alkyl halides is 6. The quantitative estimate of drug-likeness (QED) is 0.357. The van der Waals surface area contributed by atoms with Gasteiger partial charge in [0, 0.05) is 11.9 Å². The van der Waals surface area contributed by atoms with E-state index in [0.717, 1.165) is 38.1 Å². The molecule has 4 rings (SSSR count). The normalized spacial score (nSPS) is 14.4. The minimum Gasteiger partial charge on any atom is -0.489 e. The Morgan fingerprint density at radius 2 is 1.70 bits per heavy atom. The fraction of sp³-hybridized carbons (Fsp3) is 0.333. The molecule has 0 amide bonds. The number of halogens is 6. The van der Waals surface area contributed by atoms with Gasteiger partial charge in [-0.25, -0.2) is 14.6 Å². The Labute approximate surface area is 203 Å². The number of nitrogens with one attached hydrogen (secondary N) is 3. The van der Waals surface area contributed by atoms with E-state index in [1.54, 1.807) is 6.07 Å². The number of aliphatic carboxylic acids is 1. The third kappa shape index (κ3) is 7.70. The molecule has 37 heavy (non-hydrogen) atoms. The van der Waals surface area contributed by atoms with Gasteiger partial charge in [0.1, 0.15) is 23.2 Å². The molecule has 3 heterocycles. The summed E-state index contributed by atoms with van der Waals surface area (Å²) in [6.07, 6.45) is -6.43. The number of benzene rings is 1. The summed E-state index contributed by atoms with van der Waals surface area (Å²) >= 11 is 0. The molecule has 4 N–H and O–H groups in total. The highest BCUT2D eigenvalue weighted by molar-refractivity contribution is 5.79. The first kappa shape index (κ1) is 27.5. The number of rotatable bonds is 5. The number of ether oxygens (including phenoxy) is 1.